The summed E-state index contributed by atoms with van der Waals surface area (Å²) in [6, 6.07) is 2.24. The van der Waals surface area contributed by atoms with Gasteiger partial charge in [-0.25, -0.2) is 15.2 Å². The fraction of sp³-hybridized carbons (Fsp3) is 0.462. The number of aromatic amines is 1. The quantitative estimate of drug-likeness (QED) is 0.696. The van der Waals surface area contributed by atoms with Crippen LogP contribution in [0.15, 0.2) is 18.5 Å². The number of pyridine rings is 1. The van der Waals surface area contributed by atoms with Crippen LogP contribution in [0.2, 0.25) is 0 Å². The molecular formula is C13H15N5O. The van der Waals surface area contributed by atoms with Gasteiger partial charge in [0.15, 0.2) is 5.65 Å². The topological polar surface area (TPSA) is 79.6 Å². The summed E-state index contributed by atoms with van der Waals surface area (Å²) < 4.78 is 2.07. The van der Waals surface area contributed by atoms with Crippen LogP contribution in [0.1, 0.15) is 31.7 Å². The molecule has 1 aliphatic carbocycles. The normalized spacial score (nSPS) is 24.3. The average Bonchev–Trinajstić information content (AvgIpc) is 3.04. The van der Waals surface area contributed by atoms with E-state index in [1.807, 2.05) is 6.07 Å². The van der Waals surface area contributed by atoms with Gasteiger partial charge < -0.3 is 5.11 Å². The molecule has 3 heterocycles. The van der Waals surface area contributed by atoms with E-state index in [9.17, 15) is 5.11 Å². The first-order chi connectivity index (χ1) is 9.33. The Kier molecular flexibility index (Phi) is 2.32. The number of nitrogens with zero attached hydrogens (tertiary/aromatic N) is 4. The minimum absolute atomic E-state index is 0.209. The molecule has 0 spiro atoms. The molecule has 1 saturated carbocycles. The zero-order valence-corrected chi connectivity index (χ0v) is 10.5. The van der Waals surface area contributed by atoms with E-state index in [-0.39, 0.29) is 12.1 Å². The second-order valence-electron chi connectivity index (χ2n) is 5.23. The van der Waals surface area contributed by atoms with Gasteiger partial charge in [0.25, 0.3) is 0 Å². The Bertz CT molecular complexity index is 731. The molecule has 0 radical (unpaired) electrons. The van der Waals surface area contributed by atoms with Crippen molar-refractivity contribution < 1.29 is 5.11 Å². The first-order valence-electron chi connectivity index (χ1n) is 6.67. The summed E-state index contributed by atoms with van der Waals surface area (Å²) in [5.41, 5.74) is 2.64. The Hall–Kier alpha value is -1.95. The number of hydrogen-bond acceptors (Lipinski definition) is 4. The summed E-state index contributed by atoms with van der Waals surface area (Å²) in [6.45, 7) is 0. The molecule has 0 bridgehead atoms. The molecule has 1 aliphatic rings. The van der Waals surface area contributed by atoms with Gasteiger partial charge in [-0.3, -0.25) is 4.68 Å². The first-order valence-corrected chi connectivity index (χ1v) is 6.67. The summed E-state index contributed by atoms with van der Waals surface area (Å²) in [5.74, 6) is 0. The van der Waals surface area contributed by atoms with Gasteiger partial charge in [-0.1, -0.05) is 0 Å². The molecule has 0 aliphatic heterocycles. The van der Waals surface area contributed by atoms with Crippen LogP contribution in [0.25, 0.3) is 22.1 Å². The van der Waals surface area contributed by atoms with E-state index in [1.54, 1.807) is 12.4 Å². The van der Waals surface area contributed by atoms with Crippen LogP contribution in [-0.2, 0) is 0 Å². The number of nitrogens with one attached hydrogen (secondary N) is 1. The van der Waals surface area contributed by atoms with Crippen molar-refractivity contribution in [2.45, 2.75) is 37.8 Å². The number of H-pyrrole nitrogens is 1. The third-order valence-electron chi connectivity index (χ3n) is 3.99. The van der Waals surface area contributed by atoms with E-state index in [2.05, 4.69) is 25.0 Å². The lowest BCUT2D eigenvalue weighted by atomic mass is 9.93. The molecule has 2 atom stereocenters. The van der Waals surface area contributed by atoms with Gasteiger partial charge in [-0.05, 0) is 31.7 Å². The second-order valence-corrected chi connectivity index (χ2v) is 5.23. The highest BCUT2D eigenvalue weighted by atomic mass is 16.3. The Labute approximate surface area is 109 Å². The van der Waals surface area contributed by atoms with Gasteiger partial charge in [-0.2, -0.15) is 5.10 Å². The fourth-order valence-electron chi connectivity index (χ4n) is 3.07. The molecule has 2 N–H and O–H groups in total. The third-order valence-corrected chi connectivity index (χ3v) is 3.99. The second kappa shape index (κ2) is 4.03. The smallest absolute Gasteiger partial charge is 0.161 e. The van der Waals surface area contributed by atoms with E-state index >= 15 is 0 Å². The zero-order valence-electron chi connectivity index (χ0n) is 10.5. The predicted molar refractivity (Wildman–Crippen MR) is 70.7 cm³/mol. The highest BCUT2D eigenvalue weighted by Crippen LogP contribution is 2.32. The highest BCUT2D eigenvalue weighted by molar-refractivity contribution is 6.00. The minimum Gasteiger partial charge on any atom is -0.393 e. The standard InChI is InChI=1S/C13H15N5O/c19-9-3-1-2-8(6-9)18-12-10-4-5-14-13(10)15-7-11(12)16-17-18/h4-5,7-9,17,19H,1-3,6H2. The largest absolute Gasteiger partial charge is 0.393 e. The molecule has 4 rings (SSSR count). The van der Waals surface area contributed by atoms with Crippen molar-refractivity contribution in [3.8, 4) is 0 Å². The molecule has 6 nitrogen and oxygen atoms in total. The first kappa shape index (κ1) is 10.9. The maximum Gasteiger partial charge on any atom is 0.161 e. The molecule has 19 heavy (non-hydrogen) atoms. The molecule has 2 unspecified atom stereocenters. The van der Waals surface area contributed by atoms with E-state index in [1.165, 1.54) is 0 Å². The van der Waals surface area contributed by atoms with Crippen molar-refractivity contribution in [3.63, 3.8) is 0 Å². The van der Waals surface area contributed by atoms with Gasteiger partial charge in [0.2, 0.25) is 0 Å². The molecule has 3 aromatic heterocycles. The third kappa shape index (κ3) is 1.63. The van der Waals surface area contributed by atoms with Crippen molar-refractivity contribution in [1.29, 1.82) is 0 Å². The predicted octanol–water partition coefficient (Wildman–Crippen LogP) is 1.78. The fourth-order valence-corrected chi connectivity index (χ4v) is 3.07. The average molecular weight is 257 g/mol. The summed E-state index contributed by atoms with van der Waals surface area (Å²) in [4.78, 5) is 8.52. The maximum absolute atomic E-state index is 9.85. The Morgan fingerprint density at radius 3 is 3.16 bits per heavy atom. The molecule has 6 heteroatoms. The number of hydrogen-bond donors (Lipinski definition) is 2. The SMILES string of the molecule is OC1CCCC(n2[nH]nc3cnc4nccc4c32)C1. The van der Waals surface area contributed by atoms with Gasteiger partial charge in [0, 0.05) is 11.6 Å². The molecule has 1 fully saturated rings. The van der Waals surface area contributed by atoms with Gasteiger partial charge >= 0.3 is 0 Å². The van der Waals surface area contributed by atoms with Crippen LogP contribution < -0.4 is 0 Å². The number of aromatic nitrogens is 5. The van der Waals surface area contributed by atoms with Crippen LogP contribution in [-0.4, -0.2) is 36.2 Å². The van der Waals surface area contributed by atoms with Crippen molar-refractivity contribution in [2.24, 2.45) is 0 Å². The summed E-state index contributed by atoms with van der Waals surface area (Å²) in [6.07, 6.45) is 7.10. The summed E-state index contributed by atoms with van der Waals surface area (Å²) >= 11 is 0. The van der Waals surface area contributed by atoms with Gasteiger partial charge in [0.05, 0.1) is 23.9 Å². The lowest BCUT2D eigenvalue weighted by Gasteiger charge is -2.26. The molecule has 0 saturated heterocycles. The number of aliphatic hydroxyl groups excluding tert-OH is 1. The van der Waals surface area contributed by atoms with Crippen LogP contribution in [0.3, 0.4) is 0 Å². The van der Waals surface area contributed by atoms with Gasteiger partial charge in [-0.15, -0.1) is 0 Å². The highest BCUT2D eigenvalue weighted by Gasteiger charge is 2.24. The summed E-state index contributed by atoms with van der Waals surface area (Å²) in [7, 11) is 0. The van der Waals surface area contributed by atoms with Crippen LogP contribution in [0.4, 0.5) is 0 Å². The van der Waals surface area contributed by atoms with Crippen LogP contribution in [0.5, 0.6) is 0 Å². The lowest BCUT2D eigenvalue weighted by Crippen LogP contribution is -2.23. The molecular weight excluding hydrogens is 242 g/mol. The molecule has 3 aromatic rings. The number of fused-ring (bicyclic) bond motifs is 3. The molecule has 0 amide bonds. The van der Waals surface area contributed by atoms with E-state index in [4.69, 9.17) is 0 Å². The van der Waals surface area contributed by atoms with E-state index in [0.717, 1.165) is 47.8 Å². The van der Waals surface area contributed by atoms with Crippen LogP contribution in [0, 0.1) is 0 Å². The summed E-state index contributed by atoms with van der Waals surface area (Å²) in [5, 5.41) is 18.3. The van der Waals surface area contributed by atoms with E-state index < -0.39 is 0 Å². The zero-order chi connectivity index (χ0) is 12.8. The maximum atomic E-state index is 9.85. The van der Waals surface area contributed by atoms with Crippen molar-refractivity contribution in [1.82, 2.24) is 25.0 Å². The molecule has 98 valence electrons. The minimum atomic E-state index is -0.209. The van der Waals surface area contributed by atoms with Crippen LogP contribution >= 0.6 is 0 Å². The van der Waals surface area contributed by atoms with Crippen molar-refractivity contribution in [3.05, 3.63) is 18.5 Å². The number of rotatable bonds is 1. The Balaban J connectivity index is 1.91. The van der Waals surface area contributed by atoms with E-state index in [0.29, 0.717) is 0 Å². The Morgan fingerprint density at radius 2 is 2.26 bits per heavy atom. The monoisotopic (exact) mass is 257 g/mol. The molecule has 0 aromatic carbocycles. The number of aliphatic hydroxyl groups is 1. The van der Waals surface area contributed by atoms with Gasteiger partial charge in [0.1, 0.15) is 5.52 Å². The van der Waals surface area contributed by atoms with Crippen molar-refractivity contribution >= 4 is 22.1 Å². The van der Waals surface area contributed by atoms with Crippen molar-refractivity contribution in [2.75, 3.05) is 0 Å². The lowest BCUT2D eigenvalue weighted by molar-refractivity contribution is 0.101. The Morgan fingerprint density at radius 1 is 1.32 bits per heavy atom.